The summed E-state index contributed by atoms with van der Waals surface area (Å²) >= 11 is 0. The summed E-state index contributed by atoms with van der Waals surface area (Å²) in [6.07, 6.45) is 0. The summed E-state index contributed by atoms with van der Waals surface area (Å²) in [7, 11) is 0. The molecule has 1 heterocycles. The summed E-state index contributed by atoms with van der Waals surface area (Å²) in [6.45, 7) is 4.16. The number of aromatic amines is 1. The molecule has 3 heteroatoms. The highest BCUT2D eigenvalue weighted by Crippen LogP contribution is 2.28. The largest absolute Gasteiger partial charge is 0.197 e. The molecule has 3 nitrogen and oxygen atoms in total. The van der Waals surface area contributed by atoms with Crippen LogP contribution in [0.2, 0.25) is 0 Å². The van der Waals surface area contributed by atoms with Gasteiger partial charge in [-0.3, -0.25) is 0 Å². The predicted octanol–water partition coefficient (Wildman–Crippen LogP) is 3.76. The van der Waals surface area contributed by atoms with Gasteiger partial charge in [-0.15, -0.1) is 0 Å². The van der Waals surface area contributed by atoms with E-state index in [1.165, 1.54) is 11.1 Å². The maximum atomic E-state index is 4.30. The van der Waals surface area contributed by atoms with E-state index in [1.54, 1.807) is 0 Å². The first kappa shape index (κ1) is 11.7. The van der Waals surface area contributed by atoms with Crippen LogP contribution in [0.3, 0.4) is 0 Å². The Morgan fingerprint density at radius 1 is 0.737 bits per heavy atom. The van der Waals surface area contributed by atoms with Crippen molar-refractivity contribution < 1.29 is 0 Å². The number of nitrogens with zero attached hydrogens (tertiary/aromatic N) is 2. The van der Waals surface area contributed by atoms with Crippen LogP contribution in [0, 0.1) is 13.8 Å². The smallest absolute Gasteiger partial charge is 0.120 e. The van der Waals surface area contributed by atoms with Gasteiger partial charge < -0.3 is 0 Å². The van der Waals surface area contributed by atoms with E-state index in [4.69, 9.17) is 0 Å². The maximum absolute atomic E-state index is 4.30. The van der Waals surface area contributed by atoms with Crippen LogP contribution in [-0.4, -0.2) is 15.4 Å². The minimum absolute atomic E-state index is 0.898. The summed E-state index contributed by atoms with van der Waals surface area (Å²) in [6, 6.07) is 16.6. The molecule has 0 spiro atoms. The molecule has 94 valence electrons. The van der Waals surface area contributed by atoms with E-state index in [2.05, 4.69) is 65.7 Å². The topological polar surface area (TPSA) is 41.6 Å². The first-order valence-electron chi connectivity index (χ1n) is 6.29. The molecule has 0 fully saturated rings. The van der Waals surface area contributed by atoms with Gasteiger partial charge in [0.25, 0.3) is 0 Å². The second-order valence-corrected chi connectivity index (χ2v) is 4.76. The third kappa shape index (κ3) is 2.27. The number of hydrogen-bond acceptors (Lipinski definition) is 2. The van der Waals surface area contributed by atoms with E-state index < -0.39 is 0 Å². The Morgan fingerprint density at radius 3 is 1.63 bits per heavy atom. The van der Waals surface area contributed by atoms with Crippen molar-refractivity contribution in [3.05, 3.63) is 59.7 Å². The Hall–Kier alpha value is -2.42. The Bertz CT molecular complexity index is 653. The standard InChI is InChI=1S/C16H15N3/c1-11-5-3-7-13(9-11)15-16(18-19-17-15)14-8-4-6-12(2)10-14/h3-10H,1-2H3,(H,17,18,19). The van der Waals surface area contributed by atoms with Gasteiger partial charge in [-0.25, -0.2) is 0 Å². The number of H-pyrrole nitrogens is 1. The lowest BCUT2D eigenvalue weighted by atomic mass is 10.0. The molecule has 19 heavy (non-hydrogen) atoms. The molecule has 0 radical (unpaired) electrons. The van der Waals surface area contributed by atoms with Crippen LogP contribution in [-0.2, 0) is 0 Å². The van der Waals surface area contributed by atoms with Gasteiger partial charge in [0.05, 0.1) is 0 Å². The zero-order chi connectivity index (χ0) is 13.2. The molecule has 0 aliphatic rings. The molecule has 1 aromatic heterocycles. The van der Waals surface area contributed by atoms with Crippen LogP contribution < -0.4 is 0 Å². The second kappa shape index (κ2) is 4.69. The molecule has 0 amide bonds. The van der Waals surface area contributed by atoms with E-state index in [0.29, 0.717) is 0 Å². The molecule has 0 bridgehead atoms. The number of nitrogens with one attached hydrogen (secondary N) is 1. The Kier molecular flexibility index (Phi) is 2.88. The van der Waals surface area contributed by atoms with Crippen molar-refractivity contribution in [3.8, 4) is 22.5 Å². The number of hydrogen-bond donors (Lipinski definition) is 1. The second-order valence-electron chi connectivity index (χ2n) is 4.76. The van der Waals surface area contributed by atoms with E-state index >= 15 is 0 Å². The molecule has 0 saturated carbocycles. The SMILES string of the molecule is Cc1cccc(-c2n[nH]nc2-c2cccc(C)c2)c1. The highest BCUT2D eigenvalue weighted by Gasteiger charge is 2.12. The molecule has 0 unspecified atom stereocenters. The van der Waals surface area contributed by atoms with Crippen molar-refractivity contribution >= 4 is 0 Å². The molecule has 3 aromatic rings. The summed E-state index contributed by atoms with van der Waals surface area (Å²) in [4.78, 5) is 0. The van der Waals surface area contributed by atoms with Crippen molar-refractivity contribution in [3.63, 3.8) is 0 Å². The lowest BCUT2D eigenvalue weighted by Crippen LogP contribution is -1.85. The molecule has 0 atom stereocenters. The summed E-state index contributed by atoms with van der Waals surface area (Å²) in [5.41, 5.74) is 6.41. The molecule has 1 N–H and O–H groups in total. The van der Waals surface area contributed by atoms with Crippen LogP contribution in [0.5, 0.6) is 0 Å². The highest BCUT2D eigenvalue weighted by atomic mass is 15.3. The van der Waals surface area contributed by atoms with Gasteiger partial charge in [0.15, 0.2) is 0 Å². The van der Waals surface area contributed by atoms with Gasteiger partial charge in [-0.1, -0.05) is 47.5 Å². The van der Waals surface area contributed by atoms with Gasteiger partial charge in [-0.05, 0) is 26.0 Å². The maximum Gasteiger partial charge on any atom is 0.120 e. The number of rotatable bonds is 2. The Balaban J connectivity index is 2.13. The molecule has 0 aliphatic heterocycles. The normalized spacial score (nSPS) is 10.6. The minimum atomic E-state index is 0.898. The van der Waals surface area contributed by atoms with Crippen LogP contribution in [0.15, 0.2) is 48.5 Å². The van der Waals surface area contributed by atoms with E-state index in [-0.39, 0.29) is 0 Å². The van der Waals surface area contributed by atoms with Gasteiger partial charge in [0.2, 0.25) is 0 Å². The van der Waals surface area contributed by atoms with Crippen LogP contribution >= 0.6 is 0 Å². The zero-order valence-corrected chi connectivity index (χ0v) is 11.0. The zero-order valence-electron chi connectivity index (χ0n) is 11.0. The number of benzene rings is 2. The fraction of sp³-hybridized carbons (Fsp3) is 0.125. The molecule has 0 saturated heterocycles. The van der Waals surface area contributed by atoms with Crippen molar-refractivity contribution in [2.24, 2.45) is 0 Å². The van der Waals surface area contributed by atoms with Gasteiger partial charge in [-0.2, -0.15) is 15.4 Å². The van der Waals surface area contributed by atoms with Crippen molar-refractivity contribution in [2.45, 2.75) is 13.8 Å². The predicted molar refractivity (Wildman–Crippen MR) is 76.7 cm³/mol. The van der Waals surface area contributed by atoms with E-state index in [1.807, 2.05) is 12.1 Å². The Morgan fingerprint density at radius 2 is 1.21 bits per heavy atom. The molecular formula is C16H15N3. The van der Waals surface area contributed by atoms with Crippen molar-refractivity contribution in [1.29, 1.82) is 0 Å². The van der Waals surface area contributed by atoms with Crippen LogP contribution in [0.1, 0.15) is 11.1 Å². The number of aryl methyl sites for hydroxylation is 2. The summed E-state index contributed by atoms with van der Waals surface area (Å²) < 4.78 is 0. The van der Waals surface area contributed by atoms with Gasteiger partial charge in [0, 0.05) is 11.1 Å². The fourth-order valence-electron chi connectivity index (χ4n) is 2.22. The number of aromatic nitrogens is 3. The summed E-state index contributed by atoms with van der Waals surface area (Å²) in [5, 5.41) is 11.3. The van der Waals surface area contributed by atoms with E-state index in [0.717, 1.165) is 22.5 Å². The lowest BCUT2D eigenvalue weighted by molar-refractivity contribution is 0.944. The lowest BCUT2D eigenvalue weighted by Gasteiger charge is -2.03. The summed E-state index contributed by atoms with van der Waals surface area (Å²) in [5.74, 6) is 0. The van der Waals surface area contributed by atoms with Crippen molar-refractivity contribution in [2.75, 3.05) is 0 Å². The highest BCUT2D eigenvalue weighted by molar-refractivity contribution is 5.77. The van der Waals surface area contributed by atoms with Crippen molar-refractivity contribution in [1.82, 2.24) is 15.4 Å². The molecular weight excluding hydrogens is 234 g/mol. The average Bonchev–Trinajstić information content (AvgIpc) is 2.88. The third-order valence-corrected chi connectivity index (χ3v) is 3.13. The molecule has 2 aromatic carbocycles. The van der Waals surface area contributed by atoms with Crippen LogP contribution in [0.4, 0.5) is 0 Å². The first-order chi connectivity index (χ1) is 9.24. The van der Waals surface area contributed by atoms with Gasteiger partial charge in [0.1, 0.15) is 11.4 Å². The van der Waals surface area contributed by atoms with Gasteiger partial charge >= 0.3 is 0 Å². The van der Waals surface area contributed by atoms with E-state index in [9.17, 15) is 0 Å². The quantitative estimate of drug-likeness (QED) is 0.751. The first-order valence-corrected chi connectivity index (χ1v) is 6.29. The average molecular weight is 249 g/mol. The molecule has 0 aliphatic carbocycles. The fourth-order valence-corrected chi connectivity index (χ4v) is 2.22. The third-order valence-electron chi connectivity index (χ3n) is 3.13. The monoisotopic (exact) mass is 249 g/mol. The minimum Gasteiger partial charge on any atom is -0.197 e. The van der Waals surface area contributed by atoms with Crippen LogP contribution in [0.25, 0.3) is 22.5 Å². The molecule has 3 rings (SSSR count). The Labute approximate surface area is 112 Å².